The zero-order valence-corrected chi connectivity index (χ0v) is 18.6. The first-order valence-electron chi connectivity index (χ1n) is 10.6. The number of hydrogen-bond donors (Lipinski definition) is 2. The van der Waals surface area contributed by atoms with Gasteiger partial charge in [0.1, 0.15) is 18.1 Å². The van der Waals surface area contributed by atoms with Crippen molar-refractivity contribution in [1.82, 2.24) is 9.78 Å². The lowest BCUT2D eigenvalue weighted by molar-refractivity contribution is 0.0990. The summed E-state index contributed by atoms with van der Waals surface area (Å²) >= 11 is 0. The summed E-state index contributed by atoms with van der Waals surface area (Å²) in [5.41, 5.74) is 1.13. The van der Waals surface area contributed by atoms with Crippen LogP contribution in [-0.2, 0) is 13.2 Å². The number of ether oxygens (including phenoxy) is 1. The maximum atomic E-state index is 13.7. The van der Waals surface area contributed by atoms with E-state index in [9.17, 15) is 27.2 Å². The van der Waals surface area contributed by atoms with Crippen LogP contribution in [0.5, 0.6) is 5.75 Å². The summed E-state index contributed by atoms with van der Waals surface area (Å²) in [6.07, 6.45) is 1.52. The minimum Gasteiger partial charge on any atom is -0.479 e. The first kappa shape index (κ1) is 24.5. The van der Waals surface area contributed by atoms with E-state index in [1.165, 1.54) is 29.1 Å². The molecule has 0 fully saturated rings. The molecular formula is C24H18F4N4O4. The van der Waals surface area contributed by atoms with E-state index in [0.29, 0.717) is 23.6 Å². The molecular weight excluding hydrogens is 484 g/mol. The van der Waals surface area contributed by atoms with Gasteiger partial charge in [-0.05, 0) is 43.3 Å². The molecule has 0 saturated heterocycles. The van der Waals surface area contributed by atoms with Crippen LogP contribution in [0.1, 0.15) is 33.7 Å². The van der Waals surface area contributed by atoms with E-state index < -0.39 is 41.5 Å². The summed E-state index contributed by atoms with van der Waals surface area (Å²) in [4.78, 5) is 25.0. The van der Waals surface area contributed by atoms with Crippen LogP contribution in [0.2, 0.25) is 0 Å². The molecule has 0 saturated carbocycles. The highest BCUT2D eigenvalue weighted by atomic mass is 19.2. The fourth-order valence-corrected chi connectivity index (χ4v) is 3.24. The van der Waals surface area contributed by atoms with Gasteiger partial charge in [0.05, 0.1) is 0 Å². The molecule has 2 aromatic heterocycles. The third-order valence-electron chi connectivity index (χ3n) is 4.94. The molecule has 8 nitrogen and oxygen atoms in total. The lowest BCUT2D eigenvalue weighted by atomic mass is 10.2. The normalized spacial score (nSPS) is 10.8. The van der Waals surface area contributed by atoms with Crippen LogP contribution in [0.4, 0.5) is 28.9 Å². The topological polar surface area (TPSA) is 98.4 Å². The number of nitrogens with zero attached hydrogens (tertiary/aromatic N) is 2. The fraction of sp³-hybridized carbons (Fsp3) is 0.125. The highest BCUT2D eigenvalue weighted by Gasteiger charge is 2.21. The van der Waals surface area contributed by atoms with Crippen LogP contribution in [0.25, 0.3) is 0 Å². The number of halogens is 4. The van der Waals surface area contributed by atoms with Crippen LogP contribution >= 0.6 is 0 Å². The standard InChI is InChI=1S/C24H18F4N4O4/c1-2-32-18(8-9-29-32)23(33)30-13-4-3-5-14(10-13)31-24(34)19-7-6-15(36-19)12-35-22-20(27)16(25)11-17(26)21(22)28/h3-11H,2,12H2,1H3,(H,30,33)(H,31,34). The number of furan rings is 1. The van der Waals surface area contributed by atoms with E-state index in [4.69, 9.17) is 9.15 Å². The molecule has 0 aliphatic heterocycles. The van der Waals surface area contributed by atoms with Crippen LogP contribution < -0.4 is 15.4 Å². The van der Waals surface area contributed by atoms with Crippen molar-refractivity contribution in [2.24, 2.45) is 0 Å². The molecule has 0 radical (unpaired) electrons. The van der Waals surface area contributed by atoms with Gasteiger partial charge < -0.3 is 19.8 Å². The molecule has 2 N–H and O–H groups in total. The SMILES string of the molecule is CCn1nccc1C(=O)Nc1cccc(NC(=O)c2ccc(COc3c(F)c(F)cc(F)c3F)o2)c1. The largest absolute Gasteiger partial charge is 0.479 e. The number of benzene rings is 2. The molecule has 0 spiro atoms. The van der Waals surface area contributed by atoms with Gasteiger partial charge in [0.2, 0.25) is 11.6 Å². The molecule has 2 aromatic carbocycles. The van der Waals surface area contributed by atoms with Gasteiger partial charge in [-0.3, -0.25) is 14.3 Å². The summed E-state index contributed by atoms with van der Waals surface area (Å²) in [7, 11) is 0. The molecule has 0 unspecified atom stereocenters. The molecule has 0 aliphatic carbocycles. The monoisotopic (exact) mass is 502 g/mol. The average Bonchev–Trinajstić information content (AvgIpc) is 3.53. The third-order valence-corrected chi connectivity index (χ3v) is 4.94. The van der Waals surface area contributed by atoms with E-state index >= 15 is 0 Å². The predicted octanol–water partition coefficient (Wildman–Crippen LogP) is 5.14. The van der Waals surface area contributed by atoms with E-state index in [1.807, 2.05) is 6.92 Å². The van der Waals surface area contributed by atoms with Gasteiger partial charge in [-0.25, -0.2) is 8.78 Å². The number of hydrogen-bond acceptors (Lipinski definition) is 5. The van der Waals surface area contributed by atoms with Crippen LogP contribution in [0.3, 0.4) is 0 Å². The van der Waals surface area contributed by atoms with Gasteiger partial charge in [0.15, 0.2) is 23.1 Å². The van der Waals surface area contributed by atoms with Gasteiger partial charge in [0, 0.05) is 30.2 Å². The highest BCUT2D eigenvalue weighted by molar-refractivity contribution is 6.05. The number of carbonyl (C=O) groups excluding carboxylic acids is 2. The Balaban J connectivity index is 1.39. The Bertz CT molecular complexity index is 1410. The number of carbonyl (C=O) groups is 2. The molecule has 186 valence electrons. The van der Waals surface area contributed by atoms with Crippen LogP contribution in [0.15, 0.2) is 59.1 Å². The minimum atomic E-state index is -1.69. The number of anilines is 2. The van der Waals surface area contributed by atoms with Gasteiger partial charge in [-0.1, -0.05) is 6.07 Å². The number of aromatic nitrogens is 2. The second kappa shape index (κ2) is 10.3. The number of amides is 2. The van der Waals surface area contributed by atoms with E-state index in [1.54, 1.807) is 24.3 Å². The molecule has 0 bridgehead atoms. The third kappa shape index (κ3) is 5.22. The Labute approximate surface area is 201 Å². The predicted molar refractivity (Wildman–Crippen MR) is 120 cm³/mol. The molecule has 2 amide bonds. The van der Waals surface area contributed by atoms with Crippen molar-refractivity contribution in [1.29, 1.82) is 0 Å². The fourth-order valence-electron chi connectivity index (χ4n) is 3.24. The maximum absolute atomic E-state index is 13.7. The van der Waals surface area contributed by atoms with Crippen LogP contribution in [0, 0.1) is 23.3 Å². The maximum Gasteiger partial charge on any atom is 0.291 e. The van der Waals surface area contributed by atoms with Crippen molar-refractivity contribution in [2.75, 3.05) is 10.6 Å². The summed E-state index contributed by atoms with van der Waals surface area (Å²) in [5, 5.41) is 9.35. The Hall–Kier alpha value is -4.61. The molecule has 2 heterocycles. The second-order valence-electron chi connectivity index (χ2n) is 7.37. The Morgan fingerprint density at radius 2 is 1.61 bits per heavy atom. The van der Waals surface area contributed by atoms with Crippen molar-refractivity contribution in [2.45, 2.75) is 20.1 Å². The van der Waals surface area contributed by atoms with Crippen molar-refractivity contribution in [3.05, 3.63) is 95.2 Å². The molecule has 4 aromatic rings. The lowest BCUT2D eigenvalue weighted by Crippen LogP contribution is -2.17. The minimum absolute atomic E-state index is 0.0304. The lowest BCUT2D eigenvalue weighted by Gasteiger charge is -2.09. The van der Waals surface area contributed by atoms with Crippen molar-refractivity contribution in [3.8, 4) is 5.75 Å². The van der Waals surface area contributed by atoms with Crippen molar-refractivity contribution < 1.29 is 36.3 Å². The van der Waals surface area contributed by atoms with Crippen LogP contribution in [-0.4, -0.2) is 21.6 Å². The van der Waals surface area contributed by atoms with E-state index in [0.717, 1.165) is 0 Å². The van der Waals surface area contributed by atoms with Gasteiger partial charge in [0.25, 0.3) is 11.8 Å². The Morgan fingerprint density at radius 3 is 2.28 bits per heavy atom. The van der Waals surface area contributed by atoms with Gasteiger partial charge >= 0.3 is 0 Å². The average molecular weight is 502 g/mol. The van der Waals surface area contributed by atoms with Gasteiger partial charge in [-0.2, -0.15) is 13.9 Å². The van der Waals surface area contributed by atoms with Gasteiger partial charge in [-0.15, -0.1) is 0 Å². The first-order chi connectivity index (χ1) is 17.3. The van der Waals surface area contributed by atoms with E-state index in [-0.39, 0.29) is 23.5 Å². The molecule has 36 heavy (non-hydrogen) atoms. The zero-order chi connectivity index (χ0) is 25.8. The molecule has 0 atom stereocenters. The Morgan fingerprint density at radius 1 is 0.944 bits per heavy atom. The van der Waals surface area contributed by atoms with Crippen molar-refractivity contribution in [3.63, 3.8) is 0 Å². The first-order valence-corrected chi connectivity index (χ1v) is 10.6. The summed E-state index contributed by atoms with van der Waals surface area (Å²) in [6.45, 7) is 1.77. The Kier molecular flexibility index (Phi) is 7.04. The molecule has 0 aliphatic rings. The highest BCUT2D eigenvalue weighted by Crippen LogP contribution is 2.27. The second-order valence-corrected chi connectivity index (χ2v) is 7.37. The quantitative estimate of drug-likeness (QED) is 0.257. The molecule has 4 rings (SSSR count). The summed E-state index contributed by atoms with van der Waals surface area (Å²) in [6, 6.07) is 10.6. The number of rotatable bonds is 8. The smallest absolute Gasteiger partial charge is 0.291 e. The number of nitrogens with one attached hydrogen (secondary N) is 2. The molecule has 12 heteroatoms. The number of aryl methyl sites for hydroxylation is 1. The zero-order valence-electron chi connectivity index (χ0n) is 18.6. The van der Waals surface area contributed by atoms with Crippen molar-refractivity contribution >= 4 is 23.2 Å². The summed E-state index contributed by atoms with van der Waals surface area (Å²) < 4.78 is 65.7. The van der Waals surface area contributed by atoms with E-state index in [2.05, 4.69) is 15.7 Å². The summed E-state index contributed by atoms with van der Waals surface area (Å²) in [5.74, 6) is -9.08.